The van der Waals surface area contributed by atoms with Crippen molar-refractivity contribution >= 4 is 23.7 Å². The molecule has 9 nitrogen and oxygen atoms in total. The van der Waals surface area contributed by atoms with Crippen LogP contribution in [0.1, 0.15) is 38.1 Å². The molecular formula is C19H25N5O4S. The van der Waals surface area contributed by atoms with Gasteiger partial charge in [0, 0.05) is 11.6 Å². The number of rotatable bonds is 7. The average molecular weight is 420 g/mol. The topological polar surface area (TPSA) is 121 Å². The lowest BCUT2D eigenvalue weighted by Crippen LogP contribution is -2.36. The van der Waals surface area contributed by atoms with Crippen molar-refractivity contribution in [3.63, 3.8) is 0 Å². The average Bonchev–Trinajstić information content (AvgIpc) is 3.15. The van der Waals surface area contributed by atoms with E-state index in [1.165, 1.54) is 18.2 Å². The number of aromatic nitrogens is 3. The Hall–Kier alpha value is -2.75. The van der Waals surface area contributed by atoms with Crippen LogP contribution in [0.5, 0.6) is 11.5 Å². The molecule has 3 rings (SSSR count). The molecule has 2 aromatic rings. The van der Waals surface area contributed by atoms with E-state index < -0.39 is 11.9 Å². The number of amides is 3. The van der Waals surface area contributed by atoms with Gasteiger partial charge < -0.3 is 15.2 Å². The minimum Gasteiger partial charge on any atom is -0.493 e. The molecule has 1 saturated carbocycles. The maximum atomic E-state index is 11.8. The van der Waals surface area contributed by atoms with Crippen LogP contribution in [-0.4, -0.2) is 46.7 Å². The van der Waals surface area contributed by atoms with E-state index in [-0.39, 0.29) is 11.8 Å². The Balaban J connectivity index is 1.93. The van der Waals surface area contributed by atoms with Crippen LogP contribution in [0.3, 0.4) is 0 Å². The fourth-order valence-electron chi connectivity index (χ4n) is 3.52. The SMILES string of the molecule is COc1ccc(-c2nnc(SCC(=O)NC(N)=O)n2C2CCCCC2)cc1OC. The van der Waals surface area contributed by atoms with Crippen molar-refractivity contribution in [1.29, 1.82) is 0 Å². The number of nitrogens with two attached hydrogens (primary N) is 1. The Bertz CT molecular complexity index is 879. The van der Waals surface area contributed by atoms with Crippen LogP contribution in [0.15, 0.2) is 23.4 Å². The summed E-state index contributed by atoms with van der Waals surface area (Å²) in [5.74, 6) is 1.53. The molecule has 0 saturated heterocycles. The summed E-state index contributed by atoms with van der Waals surface area (Å²) in [4.78, 5) is 22.7. The number of benzene rings is 1. The molecule has 0 aliphatic heterocycles. The zero-order valence-electron chi connectivity index (χ0n) is 16.5. The van der Waals surface area contributed by atoms with Gasteiger partial charge in [0.05, 0.1) is 20.0 Å². The number of nitrogens with zero attached hydrogens (tertiary/aromatic N) is 3. The van der Waals surface area contributed by atoms with Crippen molar-refractivity contribution in [2.24, 2.45) is 5.73 Å². The second kappa shape index (κ2) is 9.64. The molecule has 0 radical (unpaired) electrons. The van der Waals surface area contributed by atoms with Gasteiger partial charge in [-0.1, -0.05) is 31.0 Å². The Kier molecular flexibility index (Phi) is 6.97. The third kappa shape index (κ3) is 5.00. The van der Waals surface area contributed by atoms with Crippen LogP contribution >= 0.6 is 11.8 Å². The van der Waals surface area contributed by atoms with Gasteiger partial charge in [0.1, 0.15) is 0 Å². The van der Waals surface area contributed by atoms with E-state index in [1.54, 1.807) is 14.2 Å². The molecule has 10 heteroatoms. The van der Waals surface area contributed by atoms with Gasteiger partial charge in [-0.2, -0.15) is 0 Å². The molecule has 0 unspecified atom stereocenters. The van der Waals surface area contributed by atoms with Gasteiger partial charge in [-0.05, 0) is 31.0 Å². The summed E-state index contributed by atoms with van der Waals surface area (Å²) in [5.41, 5.74) is 5.86. The van der Waals surface area contributed by atoms with Gasteiger partial charge in [0.2, 0.25) is 5.91 Å². The summed E-state index contributed by atoms with van der Waals surface area (Å²) in [6.45, 7) is 0. The van der Waals surface area contributed by atoms with Gasteiger partial charge in [0.15, 0.2) is 22.5 Å². The molecule has 1 aliphatic carbocycles. The molecule has 1 aromatic carbocycles. The minimum atomic E-state index is -0.865. The highest BCUT2D eigenvalue weighted by Crippen LogP contribution is 2.37. The highest BCUT2D eigenvalue weighted by atomic mass is 32.2. The van der Waals surface area contributed by atoms with E-state index >= 15 is 0 Å². The first-order valence-corrected chi connectivity index (χ1v) is 10.4. The van der Waals surface area contributed by atoms with Gasteiger partial charge in [-0.15, -0.1) is 10.2 Å². The molecule has 3 N–H and O–H groups in total. The number of hydrogen-bond acceptors (Lipinski definition) is 7. The van der Waals surface area contributed by atoms with E-state index in [2.05, 4.69) is 20.1 Å². The number of carbonyl (C=O) groups excluding carboxylic acids is 2. The first kappa shape index (κ1) is 21.0. The van der Waals surface area contributed by atoms with Gasteiger partial charge in [-0.25, -0.2) is 4.79 Å². The van der Waals surface area contributed by atoms with Crippen molar-refractivity contribution in [3.8, 4) is 22.9 Å². The Morgan fingerprint density at radius 3 is 2.55 bits per heavy atom. The van der Waals surface area contributed by atoms with E-state index in [4.69, 9.17) is 15.2 Å². The van der Waals surface area contributed by atoms with Gasteiger partial charge in [-0.3, -0.25) is 14.7 Å². The minimum absolute atomic E-state index is 0.0275. The fraction of sp³-hybridized carbons (Fsp3) is 0.474. The molecule has 0 atom stereocenters. The van der Waals surface area contributed by atoms with Crippen LogP contribution < -0.4 is 20.5 Å². The van der Waals surface area contributed by atoms with Crippen LogP contribution in [0.25, 0.3) is 11.4 Å². The van der Waals surface area contributed by atoms with Crippen molar-refractivity contribution in [1.82, 2.24) is 20.1 Å². The van der Waals surface area contributed by atoms with Crippen molar-refractivity contribution in [2.75, 3.05) is 20.0 Å². The molecule has 1 aliphatic rings. The van der Waals surface area contributed by atoms with Crippen LogP contribution in [0.2, 0.25) is 0 Å². The predicted molar refractivity (Wildman–Crippen MR) is 109 cm³/mol. The standard InChI is InChI=1S/C19H25N5O4S/c1-27-14-9-8-12(10-15(14)28-2)17-22-23-19(29-11-16(25)21-18(20)26)24(17)13-6-4-3-5-7-13/h8-10,13H,3-7,11H2,1-2H3,(H3,20,21,25,26). The number of hydrogen-bond donors (Lipinski definition) is 2. The maximum Gasteiger partial charge on any atom is 0.318 e. The molecule has 0 spiro atoms. The van der Waals surface area contributed by atoms with Crippen molar-refractivity contribution in [2.45, 2.75) is 43.3 Å². The number of methoxy groups -OCH3 is 2. The molecule has 1 aromatic heterocycles. The van der Waals surface area contributed by atoms with Crippen molar-refractivity contribution in [3.05, 3.63) is 18.2 Å². The summed E-state index contributed by atoms with van der Waals surface area (Å²) in [5, 5.41) is 11.4. The van der Waals surface area contributed by atoms with E-state index in [1.807, 2.05) is 18.2 Å². The lowest BCUT2D eigenvalue weighted by atomic mass is 9.95. The van der Waals surface area contributed by atoms with Crippen LogP contribution in [0, 0.1) is 0 Å². The number of nitrogens with one attached hydrogen (secondary N) is 1. The summed E-state index contributed by atoms with van der Waals surface area (Å²) < 4.78 is 12.8. The molecule has 0 bridgehead atoms. The zero-order chi connectivity index (χ0) is 20.8. The number of ether oxygens (including phenoxy) is 2. The number of urea groups is 1. The quantitative estimate of drug-likeness (QED) is 0.662. The lowest BCUT2D eigenvalue weighted by molar-refractivity contribution is -0.117. The summed E-state index contributed by atoms with van der Waals surface area (Å²) in [7, 11) is 3.18. The Labute approximate surface area is 173 Å². The molecular weight excluding hydrogens is 394 g/mol. The third-order valence-electron chi connectivity index (χ3n) is 4.84. The summed E-state index contributed by atoms with van der Waals surface area (Å²) in [6, 6.07) is 5.01. The van der Waals surface area contributed by atoms with Crippen LogP contribution in [-0.2, 0) is 4.79 Å². The van der Waals surface area contributed by atoms with E-state index in [9.17, 15) is 9.59 Å². The van der Waals surface area contributed by atoms with E-state index in [0.717, 1.165) is 37.1 Å². The molecule has 3 amide bonds. The number of imide groups is 1. The molecule has 29 heavy (non-hydrogen) atoms. The number of carbonyl (C=O) groups is 2. The molecule has 156 valence electrons. The van der Waals surface area contributed by atoms with E-state index in [0.29, 0.717) is 16.7 Å². The summed E-state index contributed by atoms with van der Waals surface area (Å²) in [6.07, 6.45) is 5.55. The van der Waals surface area contributed by atoms with Crippen LogP contribution in [0.4, 0.5) is 4.79 Å². The fourth-order valence-corrected chi connectivity index (χ4v) is 4.33. The molecule has 1 fully saturated rings. The first-order valence-electron chi connectivity index (χ1n) is 9.43. The number of thioether (sulfide) groups is 1. The highest BCUT2D eigenvalue weighted by molar-refractivity contribution is 7.99. The highest BCUT2D eigenvalue weighted by Gasteiger charge is 2.25. The van der Waals surface area contributed by atoms with Gasteiger partial charge >= 0.3 is 6.03 Å². The zero-order valence-corrected chi connectivity index (χ0v) is 17.3. The number of primary amides is 1. The lowest BCUT2D eigenvalue weighted by Gasteiger charge is -2.25. The maximum absolute atomic E-state index is 11.8. The normalized spacial score (nSPS) is 14.4. The predicted octanol–water partition coefficient (Wildman–Crippen LogP) is 2.75. The van der Waals surface area contributed by atoms with Gasteiger partial charge in [0.25, 0.3) is 0 Å². The smallest absolute Gasteiger partial charge is 0.318 e. The largest absolute Gasteiger partial charge is 0.493 e. The van der Waals surface area contributed by atoms with Crippen molar-refractivity contribution < 1.29 is 19.1 Å². The third-order valence-corrected chi connectivity index (χ3v) is 5.78. The molecule has 1 heterocycles. The summed E-state index contributed by atoms with van der Waals surface area (Å²) >= 11 is 1.24. The first-order chi connectivity index (χ1) is 14.0. The monoisotopic (exact) mass is 419 g/mol. The second-order valence-electron chi connectivity index (χ2n) is 6.74. The Morgan fingerprint density at radius 2 is 1.90 bits per heavy atom. The second-order valence-corrected chi connectivity index (χ2v) is 7.68. The Morgan fingerprint density at radius 1 is 1.17 bits per heavy atom.